The van der Waals surface area contributed by atoms with E-state index in [0.717, 1.165) is 57.5 Å². The van der Waals surface area contributed by atoms with Crippen molar-refractivity contribution in [1.29, 1.82) is 0 Å². The Kier molecular flexibility index (Phi) is 3.31. The summed E-state index contributed by atoms with van der Waals surface area (Å²) in [5.41, 5.74) is 11.0. The monoisotopic (exact) mass is 379 g/mol. The van der Waals surface area contributed by atoms with Crippen molar-refractivity contribution >= 4 is 27.8 Å². The zero-order valence-electron chi connectivity index (χ0n) is 16.1. The van der Waals surface area contributed by atoms with Crippen molar-refractivity contribution in [2.45, 2.75) is 37.6 Å². The molecule has 0 aliphatic heterocycles. The van der Waals surface area contributed by atoms with Crippen LogP contribution in [0.25, 0.3) is 33.1 Å². The van der Waals surface area contributed by atoms with Crippen LogP contribution < -0.4 is 5.73 Å². The van der Waals surface area contributed by atoms with Crippen molar-refractivity contribution in [1.82, 2.24) is 19.5 Å². The molecule has 5 heteroatoms. The molecule has 0 saturated heterocycles. The predicted molar refractivity (Wildman–Crippen MR) is 115 cm³/mol. The maximum atomic E-state index is 6.38. The maximum absolute atomic E-state index is 6.38. The van der Waals surface area contributed by atoms with Crippen LogP contribution in [0, 0.1) is 18.3 Å². The lowest BCUT2D eigenvalue weighted by atomic mass is 9.93. The highest BCUT2D eigenvalue weighted by molar-refractivity contribution is 6.04. The van der Waals surface area contributed by atoms with E-state index in [1.165, 1.54) is 19.3 Å². The van der Waals surface area contributed by atoms with Crippen LogP contribution in [0.5, 0.6) is 0 Å². The van der Waals surface area contributed by atoms with Crippen molar-refractivity contribution in [3.8, 4) is 23.5 Å². The highest BCUT2D eigenvalue weighted by atomic mass is 15.1. The molecule has 2 fully saturated rings. The average Bonchev–Trinajstić information content (AvgIpc) is 3.45. The maximum Gasteiger partial charge on any atom is 0.147 e. The summed E-state index contributed by atoms with van der Waals surface area (Å²) >= 11 is 0. The van der Waals surface area contributed by atoms with Crippen LogP contribution in [0.1, 0.15) is 37.8 Å². The third-order valence-corrected chi connectivity index (χ3v) is 6.97. The first-order chi connectivity index (χ1) is 14.2. The van der Waals surface area contributed by atoms with E-state index >= 15 is 0 Å². The first-order valence-electron chi connectivity index (χ1n) is 10.2. The molecular weight excluding hydrogens is 358 g/mol. The number of hydrogen-bond donors (Lipinski definition) is 1. The van der Waals surface area contributed by atoms with E-state index in [4.69, 9.17) is 12.2 Å². The lowest BCUT2D eigenvalue weighted by Crippen LogP contribution is -2.29. The quantitative estimate of drug-likeness (QED) is 0.521. The van der Waals surface area contributed by atoms with E-state index in [9.17, 15) is 0 Å². The summed E-state index contributed by atoms with van der Waals surface area (Å²) in [6, 6.07) is 10.2. The molecule has 2 aliphatic rings. The van der Waals surface area contributed by atoms with Gasteiger partial charge >= 0.3 is 0 Å². The molecule has 0 amide bonds. The molecule has 1 aromatic carbocycles. The Morgan fingerprint density at radius 3 is 2.72 bits per heavy atom. The number of fused-ring (bicyclic) bond motifs is 4. The summed E-state index contributed by atoms with van der Waals surface area (Å²) in [4.78, 5) is 13.6. The minimum atomic E-state index is 0.0495. The molecule has 3 heterocycles. The van der Waals surface area contributed by atoms with Gasteiger partial charge in [0, 0.05) is 28.2 Å². The van der Waals surface area contributed by atoms with Crippen LogP contribution in [0.2, 0.25) is 0 Å². The molecule has 4 aromatic rings. The number of benzene rings is 1. The molecule has 142 valence electrons. The Labute approximate surface area is 169 Å². The first-order valence-corrected chi connectivity index (χ1v) is 10.2. The molecule has 0 atom stereocenters. The number of anilines is 1. The van der Waals surface area contributed by atoms with Gasteiger partial charge in [-0.3, -0.25) is 4.98 Å². The molecule has 2 N–H and O–H groups in total. The van der Waals surface area contributed by atoms with Crippen LogP contribution in [0.15, 0.2) is 42.9 Å². The van der Waals surface area contributed by atoms with Crippen LogP contribution >= 0.6 is 0 Å². The third-order valence-electron chi connectivity index (χ3n) is 6.97. The van der Waals surface area contributed by atoms with E-state index in [1.807, 2.05) is 24.4 Å². The van der Waals surface area contributed by atoms with E-state index in [2.05, 4.69) is 37.6 Å². The topological polar surface area (TPSA) is 69.6 Å². The largest absolute Gasteiger partial charge is 0.383 e. The second kappa shape index (κ2) is 5.81. The van der Waals surface area contributed by atoms with Crippen molar-refractivity contribution in [3.63, 3.8) is 0 Å². The number of nitrogen functional groups attached to an aromatic ring is 1. The predicted octanol–water partition coefficient (Wildman–Crippen LogP) is 4.50. The summed E-state index contributed by atoms with van der Waals surface area (Å²) in [7, 11) is 0. The van der Waals surface area contributed by atoms with Crippen molar-refractivity contribution in [2.75, 3.05) is 5.73 Å². The van der Waals surface area contributed by atoms with Crippen LogP contribution in [-0.2, 0) is 5.54 Å². The third kappa shape index (κ3) is 2.20. The van der Waals surface area contributed by atoms with Gasteiger partial charge in [0.2, 0.25) is 0 Å². The van der Waals surface area contributed by atoms with Gasteiger partial charge in [0.05, 0.1) is 10.9 Å². The van der Waals surface area contributed by atoms with Crippen LogP contribution in [0.4, 0.5) is 5.82 Å². The van der Waals surface area contributed by atoms with Crippen molar-refractivity contribution in [3.05, 3.63) is 48.5 Å². The SMILES string of the molecule is C#Cc1c(-c2cnc3ccccc3c2)c2c(N)ncnc2n1C12CCC(CC1)C2. The molecule has 0 unspecified atom stereocenters. The van der Waals surface area contributed by atoms with Gasteiger partial charge in [-0.15, -0.1) is 6.42 Å². The van der Waals surface area contributed by atoms with Crippen LogP contribution in [-0.4, -0.2) is 19.5 Å². The molecule has 2 saturated carbocycles. The Morgan fingerprint density at radius 1 is 1.14 bits per heavy atom. The average molecular weight is 379 g/mol. The van der Waals surface area contributed by atoms with Gasteiger partial charge < -0.3 is 10.3 Å². The molecule has 5 nitrogen and oxygen atoms in total. The molecular formula is C24H21N5. The van der Waals surface area contributed by atoms with Gasteiger partial charge in [-0.05, 0) is 50.2 Å². The van der Waals surface area contributed by atoms with Gasteiger partial charge in [0.1, 0.15) is 23.5 Å². The normalized spacial score (nSPS) is 23.1. The fourth-order valence-corrected chi connectivity index (χ4v) is 5.70. The lowest BCUT2D eigenvalue weighted by molar-refractivity contribution is 0.298. The highest BCUT2D eigenvalue weighted by Gasteiger charge is 2.48. The standard InChI is InChI=1S/C24H21N5/c1-2-19-20(17-11-16-5-3-4-6-18(16)26-13-17)21-22(25)27-14-28-23(21)29(19)24-9-7-15(12-24)8-10-24/h1,3-6,11,13-15H,7-10,12H2,(H2,25,27,28). The number of aromatic nitrogens is 4. The van der Waals surface area contributed by atoms with E-state index < -0.39 is 0 Å². The molecule has 0 radical (unpaired) electrons. The summed E-state index contributed by atoms with van der Waals surface area (Å²) in [5, 5.41) is 1.92. The zero-order chi connectivity index (χ0) is 19.6. The summed E-state index contributed by atoms with van der Waals surface area (Å²) in [5.74, 6) is 4.26. The number of para-hydroxylation sites is 1. The molecule has 2 aliphatic carbocycles. The summed E-state index contributed by atoms with van der Waals surface area (Å²) < 4.78 is 2.32. The fourth-order valence-electron chi connectivity index (χ4n) is 5.70. The van der Waals surface area contributed by atoms with E-state index in [1.54, 1.807) is 6.33 Å². The molecule has 6 rings (SSSR count). The molecule has 2 bridgehead atoms. The van der Waals surface area contributed by atoms with Gasteiger partial charge in [0.25, 0.3) is 0 Å². The smallest absolute Gasteiger partial charge is 0.147 e. The zero-order valence-corrected chi connectivity index (χ0v) is 16.1. The number of nitrogens with two attached hydrogens (primary N) is 1. The number of hydrogen-bond acceptors (Lipinski definition) is 4. The van der Waals surface area contributed by atoms with Gasteiger partial charge in [-0.25, -0.2) is 9.97 Å². The van der Waals surface area contributed by atoms with Gasteiger partial charge in [-0.2, -0.15) is 0 Å². The lowest BCUT2D eigenvalue weighted by Gasteiger charge is -2.30. The molecule has 3 aromatic heterocycles. The second-order valence-corrected chi connectivity index (χ2v) is 8.45. The van der Waals surface area contributed by atoms with Crippen molar-refractivity contribution < 1.29 is 0 Å². The van der Waals surface area contributed by atoms with Crippen molar-refractivity contribution in [2.24, 2.45) is 5.92 Å². The van der Waals surface area contributed by atoms with E-state index in [0.29, 0.717) is 5.82 Å². The minimum Gasteiger partial charge on any atom is -0.383 e. The van der Waals surface area contributed by atoms with Crippen LogP contribution in [0.3, 0.4) is 0 Å². The second-order valence-electron chi connectivity index (χ2n) is 8.45. The minimum absolute atomic E-state index is 0.0495. The molecule has 29 heavy (non-hydrogen) atoms. The number of pyridine rings is 1. The highest BCUT2D eigenvalue weighted by Crippen LogP contribution is 2.55. The van der Waals surface area contributed by atoms with Gasteiger partial charge in [0.15, 0.2) is 0 Å². The molecule has 0 spiro atoms. The number of terminal acetylenes is 1. The fraction of sp³-hybridized carbons (Fsp3) is 0.292. The first kappa shape index (κ1) is 16.6. The Bertz CT molecular complexity index is 1320. The Balaban J connectivity index is 1.71. The van der Waals surface area contributed by atoms with Gasteiger partial charge in [-0.1, -0.05) is 24.1 Å². The number of nitrogens with zero attached hydrogens (tertiary/aromatic N) is 4. The van der Waals surface area contributed by atoms with E-state index in [-0.39, 0.29) is 5.54 Å². The number of rotatable bonds is 2. The Hall–Kier alpha value is -3.39. The summed E-state index contributed by atoms with van der Waals surface area (Å²) in [6.07, 6.45) is 15.6. The Morgan fingerprint density at radius 2 is 1.97 bits per heavy atom. The summed E-state index contributed by atoms with van der Waals surface area (Å²) in [6.45, 7) is 0.